The van der Waals surface area contributed by atoms with Crippen LogP contribution in [0.5, 0.6) is 0 Å². The molecule has 8 saturated carbocycles. The molecule has 0 aromatic carbocycles. The van der Waals surface area contributed by atoms with Crippen LogP contribution in [0.4, 0.5) is 0 Å². The molecule has 4 bridgehead atoms. The van der Waals surface area contributed by atoms with Gasteiger partial charge in [0, 0.05) is 12.8 Å². The van der Waals surface area contributed by atoms with E-state index in [-0.39, 0.29) is 0 Å². The molecule has 0 spiro atoms. The molecule has 292 valence electrons. The van der Waals surface area contributed by atoms with Crippen LogP contribution in [0.1, 0.15) is 232 Å². The topological polar surface area (TPSA) is 64.7 Å². The summed E-state index contributed by atoms with van der Waals surface area (Å²) in [5.41, 5.74) is 1.97. The van der Waals surface area contributed by atoms with E-state index in [4.69, 9.17) is 0 Å². The molecule has 0 radical (unpaired) electrons. The van der Waals surface area contributed by atoms with Crippen molar-refractivity contribution in [2.75, 3.05) is 0 Å². The molecule has 8 aliphatic carbocycles. The van der Waals surface area contributed by atoms with Crippen LogP contribution < -0.4 is 0 Å². The van der Waals surface area contributed by atoms with E-state index >= 15 is 0 Å². The lowest BCUT2D eigenvalue weighted by Gasteiger charge is -2.56. The Morgan fingerprint density at radius 2 is 0.846 bits per heavy atom. The average Bonchev–Trinajstić information content (AvgIpc) is 3.19. The highest BCUT2D eigenvalue weighted by atomic mass is 16.1. The zero-order valence-corrected chi connectivity index (χ0v) is 34.3. The molecule has 2 unspecified atom stereocenters. The maximum absolute atomic E-state index is 12.7. The number of ketones is 1. The van der Waals surface area contributed by atoms with Gasteiger partial charge in [0.25, 0.3) is 0 Å². The van der Waals surface area contributed by atoms with E-state index in [1.165, 1.54) is 193 Å². The Labute approximate surface area is 321 Å². The molecule has 0 aromatic heterocycles. The third-order valence-electron chi connectivity index (χ3n) is 18.0. The summed E-state index contributed by atoms with van der Waals surface area (Å²) >= 11 is 0. The molecule has 3 heteroatoms. The fourth-order valence-electron chi connectivity index (χ4n) is 14.1. The van der Waals surface area contributed by atoms with Crippen molar-refractivity contribution in [1.82, 2.24) is 0 Å². The summed E-state index contributed by atoms with van der Waals surface area (Å²) in [4.78, 5) is 12.7. The minimum atomic E-state index is 0.294. The van der Waals surface area contributed by atoms with Crippen LogP contribution in [0.3, 0.4) is 0 Å². The lowest BCUT2D eigenvalue weighted by atomic mass is 9.48. The summed E-state index contributed by atoms with van der Waals surface area (Å²) in [7, 11) is 0. The molecule has 0 heterocycles. The van der Waals surface area contributed by atoms with E-state index in [1.54, 1.807) is 0 Å². The minimum absolute atomic E-state index is 0.294. The molecule has 0 N–H and O–H groups in total. The normalized spacial score (nSPS) is 38.3. The molecule has 8 fully saturated rings. The van der Waals surface area contributed by atoms with Gasteiger partial charge in [-0.05, 0) is 161 Å². The first-order valence-corrected chi connectivity index (χ1v) is 23.6. The number of hydrogen-bond donors (Lipinski definition) is 0. The van der Waals surface area contributed by atoms with Gasteiger partial charge in [0.05, 0.1) is 24.0 Å². The molecule has 0 aromatic rings. The largest absolute Gasteiger partial charge is 0.300 e. The highest BCUT2D eigenvalue weighted by Gasteiger charge is 2.53. The second kappa shape index (κ2) is 18.5. The highest BCUT2D eigenvalue weighted by molar-refractivity contribution is 5.78. The van der Waals surface area contributed by atoms with Crippen molar-refractivity contribution >= 4 is 5.78 Å². The van der Waals surface area contributed by atoms with Crippen molar-refractivity contribution in [1.29, 1.82) is 10.5 Å². The van der Waals surface area contributed by atoms with Gasteiger partial charge in [-0.2, -0.15) is 10.5 Å². The third kappa shape index (κ3) is 9.71. The molecule has 8 aliphatic rings. The van der Waals surface area contributed by atoms with Gasteiger partial charge in [0.2, 0.25) is 0 Å². The van der Waals surface area contributed by atoms with E-state index in [1.807, 2.05) is 0 Å². The van der Waals surface area contributed by atoms with Crippen LogP contribution in [-0.4, -0.2) is 5.78 Å². The van der Waals surface area contributed by atoms with Crippen LogP contribution in [0.25, 0.3) is 0 Å². The lowest BCUT2D eigenvalue weighted by Crippen LogP contribution is -2.45. The van der Waals surface area contributed by atoms with Crippen LogP contribution in [-0.2, 0) is 4.79 Å². The Balaban J connectivity index is 0.774. The number of nitriles is 2. The maximum Gasteiger partial charge on any atom is 0.132 e. The van der Waals surface area contributed by atoms with E-state index < -0.39 is 0 Å². The van der Waals surface area contributed by atoms with Gasteiger partial charge >= 0.3 is 0 Å². The Bertz CT molecular complexity index is 1060. The van der Waals surface area contributed by atoms with Gasteiger partial charge in [-0.25, -0.2) is 0 Å². The van der Waals surface area contributed by atoms with Crippen LogP contribution >= 0.6 is 0 Å². The van der Waals surface area contributed by atoms with Crippen molar-refractivity contribution in [3.63, 3.8) is 0 Å². The van der Waals surface area contributed by atoms with Crippen molar-refractivity contribution < 1.29 is 4.79 Å². The van der Waals surface area contributed by atoms with Gasteiger partial charge in [0.1, 0.15) is 5.78 Å². The minimum Gasteiger partial charge on any atom is -0.300 e. The fraction of sp³-hybridized carbons (Fsp3) is 0.939. The smallest absolute Gasteiger partial charge is 0.132 e. The summed E-state index contributed by atoms with van der Waals surface area (Å²) in [6, 6.07) is 5.73. The number of unbranched alkanes of at least 4 members (excludes halogenated alkanes) is 2. The number of hydrogen-bond acceptors (Lipinski definition) is 3. The predicted octanol–water partition coefficient (Wildman–Crippen LogP) is 14.6. The van der Waals surface area contributed by atoms with E-state index in [0.717, 1.165) is 49.4 Å². The maximum atomic E-state index is 12.7. The predicted molar refractivity (Wildman–Crippen MR) is 215 cm³/mol. The number of carbonyl (C=O) groups is 1. The number of fused-ring (bicyclic) bond motifs is 6. The molecule has 0 saturated heterocycles. The molecule has 2 atom stereocenters. The molecule has 3 nitrogen and oxygen atoms in total. The van der Waals surface area contributed by atoms with Crippen LogP contribution in [0, 0.1) is 79.8 Å². The van der Waals surface area contributed by atoms with Crippen LogP contribution in [0.15, 0.2) is 0 Å². The number of Topliss-reactive ketones (excluding diaryl/α,β-unsaturated/α-hetero) is 1. The van der Waals surface area contributed by atoms with E-state index in [0.29, 0.717) is 39.3 Å². The summed E-state index contributed by atoms with van der Waals surface area (Å²) in [6.07, 6.45) is 43.7. The molecule has 0 amide bonds. The van der Waals surface area contributed by atoms with E-state index in [9.17, 15) is 15.3 Å². The summed E-state index contributed by atoms with van der Waals surface area (Å²) < 4.78 is 0. The second-order valence-electron chi connectivity index (χ2n) is 20.9. The number of rotatable bonds is 20. The van der Waals surface area contributed by atoms with Crippen LogP contribution in [0.2, 0.25) is 0 Å². The van der Waals surface area contributed by atoms with Gasteiger partial charge in [-0.15, -0.1) is 0 Å². The zero-order chi connectivity index (χ0) is 36.5. The molecule has 8 rings (SSSR count). The van der Waals surface area contributed by atoms with Crippen molar-refractivity contribution in [2.24, 2.45) is 57.2 Å². The van der Waals surface area contributed by atoms with Gasteiger partial charge < -0.3 is 0 Å². The first-order chi connectivity index (χ1) is 25.3. The molecular weight excluding hydrogens is 633 g/mol. The standard InChI is InChI=1S/C49H80N2O/c1-3-21-46-23-29-48(30-24-46,31-25-46)43(37-50)35-41-17-13-39(14-18-41)9-5-7-11-45(52)12-8-6-10-40-15-19-42(20-16-40)36-44(38-51)49-32-26-47(22-4-2,27-33-49)28-34-49/h39-44H,3-36H2,1-2H3. The summed E-state index contributed by atoms with van der Waals surface area (Å²) in [5, 5.41) is 20.6. The average molecular weight is 713 g/mol. The monoisotopic (exact) mass is 713 g/mol. The van der Waals surface area contributed by atoms with Gasteiger partial charge in [-0.3, -0.25) is 4.79 Å². The van der Waals surface area contributed by atoms with Gasteiger partial charge in [-0.1, -0.05) is 104 Å². The third-order valence-corrected chi connectivity index (χ3v) is 18.0. The Morgan fingerprint density at radius 3 is 1.15 bits per heavy atom. The fourth-order valence-corrected chi connectivity index (χ4v) is 14.1. The molecular formula is C49H80N2O. The van der Waals surface area contributed by atoms with Crippen molar-refractivity contribution in [3.8, 4) is 12.1 Å². The highest BCUT2D eigenvalue weighted by Crippen LogP contribution is 2.63. The van der Waals surface area contributed by atoms with Crippen molar-refractivity contribution in [3.05, 3.63) is 0 Å². The first kappa shape index (κ1) is 40.3. The van der Waals surface area contributed by atoms with E-state index in [2.05, 4.69) is 26.0 Å². The van der Waals surface area contributed by atoms with Gasteiger partial charge in [0.15, 0.2) is 0 Å². The lowest BCUT2D eigenvalue weighted by molar-refractivity contribution is -0.119. The Kier molecular flexibility index (Phi) is 14.4. The second-order valence-corrected chi connectivity index (χ2v) is 20.9. The molecule has 0 aliphatic heterocycles. The number of nitrogens with zero attached hydrogens (tertiary/aromatic N) is 2. The Hall–Kier alpha value is -1.35. The summed E-state index contributed by atoms with van der Waals surface area (Å²) in [5.74, 6) is 4.34. The Morgan fingerprint density at radius 1 is 0.519 bits per heavy atom. The quantitative estimate of drug-likeness (QED) is 0.118. The SMILES string of the molecule is CCCC12CCC(C(C#N)CC3CCC(CCCCC(=O)CCCCC4CCC(CC(C#N)C56CCC(CCC)(CC5)CC6)CC4)CC3)(CC1)CC2. The first-order valence-electron chi connectivity index (χ1n) is 23.6. The number of carbonyl (C=O) groups excluding carboxylic acids is 1. The van der Waals surface area contributed by atoms with Crippen molar-refractivity contribution in [2.45, 2.75) is 232 Å². The zero-order valence-electron chi connectivity index (χ0n) is 34.3. The molecule has 52 heavy (non-hydrogen) atoms. The summed E-state index contributed by atoms with van der Waals surface area (Å²) in [6.45, 7) is 4.70.